The molecule has 0 aromatic heterocycles. The lowest BCUT2D eigenvalue weighted by Crippen LogP contribution is -2.10. The fourth-order valence-electron chi connectivity index (χ4n) is 1.91. The maximum atomic E-state index is 11.5. The van der Waals surface area contributed by atoms with Crippen molar-refractivity contribution in [3.8, 4) is 0 Å². The lowest BCUT2D eigenvalue weighted by molar-refractivity contribution is 0.150. The van der Waals surface area contributed by atoms with Crippen molar-refractivity contribution in [1.82, 2.24) is 0 Å². The quantitative estimate of drug-likeness (QED) is 0.856. The second-order valence-electron chi connectivity index (χ2n) is 4.72. The van der Waals surface area contributed by atoms with Crippen LogP contribution in [0.5, 0.6) is 0 Å². The first-order chi connectivity index (χ1) is 7.24. The molecule has 0 atom stereocenters. The van der Waals surface area contributed by atoms with Gasteiger partial charge in [0.15, 0.2) is 9.84 Å². The van der Waals surface area contributed by atoms with Gasteiger partial charge >= 0.3 is 0 Å². The monoisotopic (exact) mass is 240 g/mol. The Balaban J connectivity index is 2.66. The highest BCUT2D eigenvalue weighted by Gasteiger charge is 2.43. The number of sulfone groups is 1. The molecule has 2 rings (SSSR count). The summed E-state index contributed by atoms with van der Waals surface area (Å²) in [6.07, 6.45) is 2.64. The summed E-state index contributed by atoms with van der Waals surface area (Å²) in [7, 11) is -3.21. The van der Waals surface area contributed by atoms with Crippen molar-refractivity contribution in [2.75, 3.05) is 6.26 Å². The Bertz CT molecular complexity index is 540. The maximum Gasteiger partial charge on any atom is 0.175 e. The van der Waals surface area contributed by atoms with Crippen molar-refractivity contribution in [2.24, 2.45) is 0 Å². The molecule has 0 aliphatic heterocycles. The summed E-state index contributed by atoms with van der Waals surface area (Å²) in [4.78, 5) is 0.297. The number of benzene rings is 1. The van der Waals surface area contributed by atoms with Crippen LogP contribution in [-0.2, 0) is 15.4 Å². The molecule has 1 aliphatic carbocycles. The molecule has 3 nitrogen and oxygen atoms in total. The molecule has 1 aromatic rings. The van der Waals surface area contributed by atoms with Crippen molar-refractivity contribution in [2.45, 2.75) is 37.2 Å². The molecule has 0 spiro atoms. The third-order valence-electron chi connectivity index (χ3n) is 3.29. The fraction of sp³-hybridized carbons (Fsp3) is 0.500. The van der Waals surface area contributed by atoms with Crippen LogP contribution in [0.2, 0.25) is 0 Å². The van der Waals surface area contributed by atoms with Crippen molar-refractivity contribution in [1.29, 1.82) is 0 Å². The number of rotatable bonds is 2. The van der Waals surface area contributed by atoms with Crippen LogP contribution >= 0.6 is 0 Å². The van der Waals surface area contributed by atoms with E-state index in [0.717, 1.165) is 29.5 Å². The van der Waals surface area contributed by atoms with Gasteiger partial charge in [0.2, 0.25) is 0 Å². The molecule has 1 saturated carbocycles. The minimum absolute atomic E-state index is 0.297. The van der Waals surface area contributed by atoms with E-state index in [0.29, 0.717) is 4.90 Å². The normalized spacial score (nSPS) is 18.5. The fourth-order valence-corrected chi connectivity index (χ4v) is 2.63. The molecule has 0 radical (unpaired) electrons. The van der Waals surface area contributed by atoms with E-state index in [1.165, 1.54) is 6.26 Å². The van der Waals surface area contributed by atoms with Gasteiger partial charge in [-0.3, -0.25) is 0 Å². The van der Waals surface area contributed by atoms with Crippen LogP contribution in [0.1, 0.15) is 29.5 Å². The van der Waals surface area contributed by atoms with E-state index in [1.807, 2.05) is 13.8 Å². The van der Waals surface area contributed by atoms with Gasteiger partial charge in [-0.15, -0.1) is 0 Å². The number of hydrogen-bond acceptors (Lipinski definition) is 3. The molecule has 4 heteroatoms. The van der Waals surface area contributed by atoms with Gasteiger partial charge in [0.05, 0.1) is 10.5 Å². The van der Waals surface area contributed by atoms with Crippen LogP contribution in [-0.4, -0.2) is 19.8 Å². The summed E-state index contributed by atoms with van der Waals surface area (Å²) in [6, 6.07) is 3.28. The predicted molar refractivity (Wildman–Crippen MR) is 62.2 cm³/mol. The Kier molecular flexibility index (Phi) is 2.40. The first kappa shape index (κ1) is 11.6. The minimum Gasteiger partial charge on any atom is -0.385 e. The number of aryl methyl sites for hydroxylation is 1. The molecule has 1 N–H and O–H groups in total. The highest BCUT2D eigenvalue weighted by atomic mass is 32.2. The Morgan fingerprint density at radius 3 is 2.25 bits per heavy atom. The van der Waals surface area contributed by atoms with Crippen LogP contribution in [0.15, 0.2) is 17.0 Å². The Labute approximate surface area is 96.0 Å². The standard InChI is InChI=1S/C12H16O3S/c1-8-6-10(16(3,14)15)7-11(9(8)2)12(13)4-5-12/h6-7,13H,4-5H2,1-3H3. The SMILES string of the molecule is Cc1cc(S(C)(=O)=O)cc(C2(O)CC2)c1C. The van der Waals surface area contributed by atoms with Crippen LogP contribution in [0.3, 0.4) is 0 Å². The van der Waals surface area contributed by atoms with Crippen LogP contribution < -0.4 is 0 Å². The lowest BCUT2D eigenvalue weighted by atomic mass is 9.98. The second kappa shape index (κ2) is 3.31. The summed E-state index contributed by atoms with van der Waals surface area (Å²) in [5, 5.41) is 10.1. The molecule has 1 aromatic carbocycles. The zero-order valence-corrected chi connectivity index (χ0v) is 10.6. The zero-order chi connectivity index (χ0) is 12.1. The van der Waals surface area contributed by atoms with Crippen LogP contribution in [0.25, 0.3) is 0 Å². The molecule has 1 fully saturated rings. The van der Waals surface area contributed by atoms with Crippen molar-refractivity contribution >= 4 is 9.84 Å². The van der Waals surface area contributed by atoms with E-state index >= 15 is 0 Å². The Morgan fingerprint density at radius 2 is 1.81 bits per heavy atom. The molecule has 0 heterocycles. The third-order valence-corrected chi connectivity index (χ3v) is 4.39. The van der Waals surface area contributed by atoms with Gasteiger partial charge in [0.1, 0.15) is 0 Å². The average Bonchev–Trinajstić information content (AvgIpc) is 2.87. The molecule has 1 aliphatic rings. The average molecular weight is 240 g/mol. The highest BCUT2D eigenvalue weighted by Crippen LogP contribution is 2.47. The third kappa shape index (κ3) is 1.87. The summed E-state index contributed by atoms with van der Waals surface area (Å²) in [5.74, 6) is 0. The van der Waals surface area contributed by atoms with Crippen LogP contribution in [0, 0.1) is 13.8 Å². The molecule has 88 valence electrons. The van der Waals surface area contributed by atoms with Gasteiger partial charge in [-0.25, -0.2) is 8.42 Å². The largest absolute Gasteiger partial charge is 0.385 e. The molecule has 0 amide bonds. The molecule has 0 unspecified atom stereocenters. The Morgan fingerprint density at radius 1 is 1.25 bits per heavy atom. The van der Waals surface area contributed by atoms with Gasteiger partial charge in [-0.1, -0.05) is 0 Å². The van der Waals surface area contributed by atoms with Gasteiger partial charge in [0.25, 0.3) is 0 Å². The van der Waals surface area contributed by atoms with E-state index in [2.05, 4.69) is 0 Å². The first-order valence-electron chi connectivity index (χ1n) is 5.28. The summed E-state index contributed by atoms with van der Waals surface area (Å²) in [6.45, 7) is 3.80. The van der Waals surface area contributed by atoms with Gasteiger partial charge < -0.3 is 5.11 Å². The van der Waals surface area contributed by atoms with Gasteiger partial charge in [-0.05, 0) is 55.5 Å². The zero-order valence-electron chi connectivity index (χ0n) is 9.74. The van der Waals surface area contributed by atoms with Gasteiger partial charge in [0, 0.05) is 6.26 Å². The topological polar surface area (TPSA) is 54.4 Å². The maximum absolute atomic E-state index is 11.5. The second-order valence-corrected chi connectivity index (χ2v) is 6.73. The van der Waals surface area contributed by atoms with Crippen molar-refractivity contribution in [3.05, 3.63) is 28.8 Å². The predicted octanol–water partition coefficient (Wildman–Crippen LogP) is 1.69. The van der Waals surface area contributed by atoms with Crippen molar-refractivity contribution < 1.29 is 13.5 Å². The number of aliphatic hydroxyl groups is 1. The first-order valence-corrected chi connectivity index (χ1v) is 7.17. The van der Waals surface area contributed by atoms with E-state index in [-0.39, 0.29) is 0 Å². The summed E-state index contributed by atoms with van der Waals surface area (Å²) >= 11 is 0. The molecule has 0 saturated heterocycles. The molecular weight excluding hydrogens is 224 g/mol. The lowest BCUT2D eigenvalue weighted by Gasteiger charge is -2.15. The van der Waals surface area contributed by atoms with E-state index in [1.54, 1.807) is 12.1 Å². The van der Waals surface area contributed by atoms with Crippen LogP contribution in [0.4, 0.5) is 0 Å². The smallest absolute Gasteiger partial charge is 0.175 e. The minimum atomic E-state index is -3.21. The highest BCUT2D eigenvalue weighted by molar-refractivity contribution is 7.90. The van der Waals surface area contributed by atoms with Gasteiger partial charge in [-0.2, -0.15) is 0 Å². The van der Waals surface area contributed by atoms with Crippen molar-refractivity contribution in [3.63, 3.8) is 0 Å². The van der Waals surface area contributed by atoms with E-state index < -0.39 is 15.4 Å². The summed E-state index contributed by atoms with van der Waals surface area (Å²) in [5.41, 5.74) is 1.90. The summed E-state index contributed by atoms with van der Waals surface area (Å²) < 4.78 is 23.0. The Hall–Kier alpha value is -0.870. The van der Waals surface area contributed by atoms with E-state index in [4.69, 9.17) is 0 Å². The molecular formula is C12H16O3S. The molecule has 16 heavy (non-hydrogen) atoms. The number of hydrogen-bond donors (Lipinski definition) is 1. The molecule has 0 bridgehead atoms. The van der Waals surface area contributed by atoms with E-state index in [9.17, 15) is 13.5 Å².